The summed E-state index contributed by atoms with van der Waals surface area (Å²) in [5.74, 6) is 0. The standard InChI is InChI=1S/2C26H21.C3H6.2ClH.Ti/c2*1-2-8-18-15-19-11-7-14-24(25(19)16-18)26-22-12-5-3-9-20(22)17-21-10-4-6-13-23(21)26;1-3-2;;;/h2*3-7,9-17H,2,8H2,1H3;1-3H2;2*1H;/q;;;;;+2/p-2. The first kappa shape index (κ1) is 39.1. The van der Waals surface area contributed by atoms with E-state index in [0.717, 1.165) is 0 Å². The van der Waals surface area contributed by atoms with Gasteiger partial charge in [0.1, 0.15) is 0 Å². The van der Waals surface area contributed by atoms with Gasteiger partial charge in [-0.05, 0) is 0 Å². The van der Waals surface area contributed by atoms with Crippen molar-refractivity contribution in [1.29, 1.82) is 0 Å². The van der Waals surface area contributed by atoms with Gasteiger partial charge in [-0.25, -0.2) is 0 Å². The number of rotatable bonds is 8. The van der Waals surface area contributed by atoms with Crippen LogP contribution in [0, 0.1) is 0 Å². The van der Waals surface area contributed by atoms with Gasteiger partial charge in [-0.1, -0.05) is 0 Å². The van der Waals surface area contributed by atoms with Gasteiger partial charge in [0.25, 0.3) is 0 Å². The Morgan fingerprint density at radius 2 is 0.810 bits per heavy atom. The first-order chi connectivity index (χ1) is 27.7. The molecule has 8 aromatic rings. The molecule has 0 bridgehead atoms. The smallest absolute Gasteiger partial charge is 1.00 e. The fraction of sp³-hybridized carbons (Fsp3) is 0.200. The second-order valence-corrected chi connectivity index (χ2v) is 24.1. The van der Waals surface area contributed by atoms with E-state index in [1.807, 2.05) is 0 Å². The summed E-state index contributed by atoms with van der Waals surface area (Å²) in [7, 11) is 0. The first-order valence-electron chi connectivity index (χ1n) is 21.2. The van der Waals surface area contributed by atoms with E-state index in [-0.39, 0.29) is 24.8 Å². The molecule has 3 aliphatic rings. The summed E-state index contributed by atoms with van der Waals surface area (Å²) in [6, 6.07) is 55.8. The minimum atomic E-state index is -2.72. The van der Waals surface area contributed by atoms with Gasteiger partial charge >= 0.3 is 337 Å². The van der Waals surface area contributed by atoms with E-state index in [9.17, 15) is 0 Å². The minimum absolute atomic E-state index is 0. The molecule has 2 unspecified atom stereocenters. The molecule has 0 amide bonds. The van der Waals surface area contributed by atoms with Crippen molar-refractivity contribution in [1.82, 2.24) is 0 Å². The number of fused-ring (bicyclic) bond motifs is 6. The quantitative estimate of drug-likeness (QED) is 0.106. The van der Waals surface area contributed by atoms with Crippen LogP contribution >= 0.6 is 0 Å². The van der Waals surface area contributed by atoms with Gasteiger partial charge in [-0.15, -0.1) is 0 Å². The molecule has 0 aromatic heterocycles. The molecule has 2 aliphatic carbocycles. The molecule has 1 heterocycles. The molecule has 0 saturated carbocycles. The van der Waals surface area contributed by atoms with Crippen LogP contribution in [0.4, 0.5) is 0 Å². The fourth-order valence-electron chi connectivity index (χ4n) is 11.7. The SMILES string of the molecule is CCCC1=Cc2c(-c3c4ccccc4cc4ccccc34)cccc2[CH]1[Ti+2]1([CH]2C(CCC)=Cc3c(-c4c5ccccc5cc5ccccc45)cccc32)[CH2]C[CH2]1.[Cl-].[Cl-]. The van der Waals surface area contributed by atoms with Crippen molar-refractivity contribution >= 4 is 55.2 Å². The molecule has 0 N–H and O–H groups in total. The summed E-state index contributed by atoms with van der Waals surface area (Å²) >= 11 is -2.72. The number of hydrogen-bond donors (Lipinski definition) is 0. The molecular weight excluding hydrogens is 779 g/mol. The topological polar surface area (TPSA) is 0 Å². The van der Waals surface area contributed by atoms with Crippen LogP contribution in [0.15, 0.2) is 157 Å². The molecule has 2 atom stereocenters. The van der Waals surface area contributed by atoms with Crippen molar-refractivity contribution < 1.29 is 41.4 Å². The van der Waals surface area contributed by atoms with Crippen LogP contribution in [0.1, 0.15) is 76.7 Å². The molecule has 286 valence electrons. The maximum atomic E-state index is 2.71. The summed E-state index contributed by atoms with van der Waals surface area (Å²) < 4.78 is 4.11. The van der Waals surface area contributed by atoms with Gasteiger partial charge in [0, 0.05) is 0 Å². The third kappa shape index (κ3) is 5.90. The Balaban J connectivity index is 0.00000218. The average molecular weight is 828 g/mol. The molecule has 1 fully saturated rings. The first-order valence-corrected chi connectivity index (χ1v) is 25.2. The Kier molecular flexibility index (Phi) is 10.5. The molecule has 3 heteroatoms. The molecule has 11 rings (SSSR count). The third-order valence-corrected chi connectivity index (χ3v) is 23.6. The van der Waals surface area contributed by atoms with Crippen molar-refractivity contribution in [2.24, 2.45) is 0 Å². The number of hydrogen-bond acceptors (Lipinski definition) is 0. The van der Waals surface area contributed by atoms with E-state index in [1.54, 1.807) is 22.3 Å². The molecule has 1 saturated heterocycles. The largest absolute Gasteiger partial charge is 1.00 e. The van der Waals surface area contributed by atoms with Crippen molar-refractivity contribution in [3.63, 3.8) is 0 Å². The normalized spacial score (nSPS) is 17.1. The van der Waals surface area contributed by atoms with E-state index in [2.05, 4.69) is 172 Å². The second kappa shape index (κ2) is 15.6. The van der Waals surface area contributed by atoms with Crippen molar-refractivity contribution in [2.75, 3.05) is 0 Å². The van der Waals surface area contributed by atoms with Gasteiger partial charge in [0.15, 0.2) is 0 Å². The van der Waals surface area contributed by atoms with Crippen LogP contribution in [0.2, 0.25) is 9.45 Å². The summed E-state index contributed by atoms with van der Waals surface area (Å²) in [6.07, 6.45) is 11.6. The Hall–Kier alpha value is -4.43. The summed E-state index contributed by atoms with van der Waals surface area (Å²) in [5.41, 5.74) is 15.4. The molecule has 58 heavy (non-hydrogen) atoms. The molecule has 0 nitrogen and oxygen atoms in total. The van der Waals surface area contributed by atoms with Crippen LogP contribution in [0.5, 0.6) is 0 Å². The van der Waals surface area contributed by atoms with Crippen LogP contribution in [0.3, 0.4) is 0 Å². The predicted octanol–water partition coefficient (Wildman–Crippen LogP) is 10.2. The van der Waals surface area contributed by atoms with Gasteiger partial charge in [-0.3, -0.25) is 0 Å². The Morgan fingerprint density at radius 3 is 1.14 bits per heavy atom. The zero-order chi connectivity index (χ0) is 37.4. The maximum absolute atomic E-state index is 2.72. The molecule has 1 aliphatic heterocycles. The predicted molar refractivity (Wildman–Crippen MR) is 239 cm³/mol. The van der Waals surface area contributed by atoms with E-state index >= 15 is 0 Å². The van der Waals surface area contributed by atoms with Crippen LogP contribution in [-0.4, -0.2) is 0 Å². The number of allylic oxidation sites excluding steroid dienone is 2. The van der Waals surface area contributed by atoms with Crippen molar-refractivity contribution in [2.45, 2.75) is 63.8 Å². The van der Waals surface area contributed by atoms with E-state index in [1.165, 1.54) is 118 Å². The monoisotopic (exact) mass is 826 g/mol. The second-order valence-electron chi connectivity index (χ2n) is 16.9. The zero-order valence-electron chi connectivity index (χ0n) is 33.4. The zero-order valence-corrected chi connectivity index (χ0v) is 36.4. The Labute approximate surface area is 359 Å². The van der Waals surface area contributed by atoms with Crippen LogP contribution in [-0.2, 0) is 16.6 Å². The summed E-state index contributed by atoms with van der Waals surface area (Å²) in [5, 5.41) is 10.7. The molecule has 0 spiro atoms. The Morgan fingerprint density at radius 1 is 0.448 bits per heavy atom. The third-order valence-electron chi connectivity index (χ3n) is 13.9. The summed E-state index contributed by atoms with van der Waals surface area (Å²) in [6.45, 7) is 4.79. The Bertz CT molecular complexity index is 2640. The van der Waals surface area contributed by atoms with Crippen LogP contribution < -0.4 is 24.8 Å². The van der Waals surface area contributed by atoms with Gasteiger partial charge in [0.05, 0.1) is 0 Å². The van der Waals surface area contributed by atoms with Gasteiger partial charge in [-0.2, -0.15) is 0 Å². The van der Waals surface area contributed by atoms with Crippen molar-refractivity contribution in [3.8, 4) is 22.3 Å². The molecule has 0 radical (unpaired) electrons. The summed E-state index contributed by atoms with van der Waals surface area (Å²) in [4.78, 5) is 0. The minimum Gasteiger partial charge on any atom is -1.00 e. The fourth-order valence-corrected chi connectivity index (χ4v) is 21.6. The van der Waals surface area contributed by atoms with Crippen LogP contribution in [0.25, 0.3) is 77.5 Å². The number of halogens is 2. The van der Waals surface area contributed by atoms with E-state index in [4.69, 9.17) is 0 Å². The molecule has 8 aromatic carbocycles. The van der Waals surface area contributed by atoms with Gasteiger partial charge in [0.2, 0.25) is 0 Å². The maximum Gasteiger partial charge on any atom is -1.00 e. The van der Waals surface area contributed by atoms with E-state index < -0.39 is 16.6 Å². The average Bonchev–Trinajstić information content (AvgIpc) is 3.78. The van der Waals surface area contributed by atoms with E-state index in [0.29, 0.717) is 8.45 Å². The molecular formula is C55H48Cl2Ti. The van der Waals surface area contributed by atoms with Gasteiger partial charge < -0.3 is 24.8 Å². The number of benzene rings is 8. The van der Waals surface area contributed by atoms with Crippen molar-refractivity contribution in [3.05, 3.63) is 179 Å².